The Morgan fingerprint density at radius 3 is 3.19 bits per heavy atom. The van der Waals surface area contributed by atoms with Crippen LogP contribution in [-0.2, 0) is 0 Å². The molecule has 0 amide bonds. The Morgan fingerprint density at radius 1 is 1.62 bits per heavy atom. The number of hydrogen-bond acceptors (Lipinski definition) is 4. The molecule has 0 fully saturated rings. The molecule has 0 bridgehead atoms. The number of thiophene rings is 1. The van der Waals surface area contributed by atoms with Crippen molar-refractivity contribution in [1.29, 1.82) is 0 Å². The summed E-state index contributed by atoms with van der Waals surface area (Å²) in [6.45, 7) is 5.52. The molecule has 1 aliphatic heterocycles. The quantitative estimate of drug-likeness (QED) is 0.870. The van der Waals surface area contributed by atoms with Crippen molar-refractivity contribution in [2.24, 2.45) is 5.92 Å². The Balaban J connectivity index is 2.00. The molecule has 2 unspecified atom stereocenters. The van der Waals surface area contributed by atoms with Crippen molar-refractivity contribution in [2.45, 2.75) is 35.8 Å². The molecule has 2 heterocycles. The molecule has 0 spiro atoms. The van der Waals surface area contributed by atoms with Crippen LogP contribution in [0.2, 0.25) is 0 Å². The second kappa shape index (κ2) is 5.54. The highest BCUT2D eigenvalue weighted by Crippen LogP contribution is 2.43. The highest BCUT2D eigenvalue weighted by molar-refractivity contribution is 8.01. The first-order valence-electron chi connectivity index (χ1n) is 5.79. The second-order valence-electron chi connectivity index (χ2n) is 4.58. The molecule has 4 heteroatoms. The first kappa shape index (κ1) is 12.4. The van der Waals surface area contributed by atoms with E-state index < -0.39 is 0 Å². The Labute approximate surface area is 105 Å². The van der Waals surface area contributed by atoms with Gasteiger partial charge in [-0.3, -0.25) is 0 Å². The van der Waals surface area contributed by atoms with Gasteiger partial charge in [-0.2, -0.15) is 0 Å². The molecule has 2 rings (SSSR count). The van der Waals surface area contributed by atoms with E-state index in [0.717, 1.165) is 6.54 Å². The van der Waals surface area contributed by atoms with Crippen molar-refractivity contribution in [1.82, 2.24) is 5.32 Å². The summed E-state index contributed by atoms with van der Waals surface area (Å²) in [5.74, 6) is 0.340. The molecular weight excluding hydrogens is 238 g/mol. The molecular formula is C12H19NOS2. The lowest BCUT2D eigenvalue weighted by Gasteiger charge is -2.28. The third-order valence-electron chi connectivity index (χ3n) is 2.93. The fourth-order valence-electron chi connectivity index (χ4n) is 1.95. The predicted octanol–water partition coefficient (Wildman–Crippen LogP) is 2.89. The number of thioether (sulfide) groups is 1. The predicted molar refractivity (Wildman–Crippen MR) is 71.2 cm³/mol. The van der Waals surface area contributed by atoms with Gasteiger partial charge in [-0.05, 0) is 29.3 Å². The lowest BCUT2D eigenvalue weighted by Crippen LogP contribution is -2.30. The van der Waals surface area contributed by atoms with Gasteiger partial charge in [0, 0.05) is 24.4 Å². The lowest BCUT2D eigenvalue weighted by atomic mass is 10.0. The average molecular weight is 257 g/mol. The molecule has 2 N–H and O–H groups in total. The van der Waals surface area contributed by atoms with Crippen molar-refractivity contribution in [3.8, 4) is 0 Å². The third-order valence-corrected chi connectivity index (χ3v) is 5.28. The number of aliphatic hydroxyl groups excluding tert-OH is 1. The van der Waals surface area contributed by atoms with Crippen LogP contribution in [-0.4, -0.2) is 23.5 Å². The van der Waals surface area contributed by atoms with Crippen molar-refractivity contribution in [3.05, 3.63) is 17.0 Å². The van der Waals surface area contributed by atoms with E-state index in [1.54, 1.807) is 0 Å². The highest BCUT2D eigenvalue weighted by Gasteiger charge is 2.25. The summed E-state index contributed by atoms with van der Waals surface area (Å²) in [5, 5.41) is 15.5. The smallest absolute Gasteiger partial charge is 0.0649 e. The van der Waals surface area contributed by atoms with E-state index in [9.17, 15) is 0 Å². The Hall–Kier alpha value is -0.0300. The van der Waals surface area contributed by atoms with Gasteiger partial charge < -0.3 is 10.4 Å². The summed E-state index contributed by atoms with van der Waals surface area (Å²) in [5.41, 5.74) is 1.46. The van der Waals surface area contributed by atoms with Crippen molar-refractivity contribution < 1.29 is 5.11 Å². The second-order valence-corrected chi connectivity index (χ2v) is 7.20. The number of aliphatic hydroxyl groups is 1. The molecule has 90 valence electrons. The number of rotatable bonds is 4. The number of hydrogen-bond donors (Lipinski definition) is 2. The molecule has 1 aromatic rings. The third kappa shape index (κ3) is 2.80. The summed E-state index contributed by atoms with van der Waals surface area (Å²) in [7, 11) is 0. The topological polar surface area (TPSA) is 32.3 Å². The van der Waals surface area contributed by atoms with Crippen LogP contribution in [0.5, 0.6) is 0 Å². The van der Waals surface area contributed by atoms with E-state index in [-0.39, 0.29) is 6.61 Å². The van der Waals surface area contributed by atoms with E-state index in [0.29, 0.717) is 17.2 Å². The standard InChI is InChI=1S/C12H19NOS2/c1-8(7-14)6-13-11-5-9(2)16-12-10(11)3-4-15-12/h3-4,8-9,11,13-14H,5-7H2,1-2H3/t8?,9-,11?/m0/s1. The van der Waals surface area contributed by atoms with Gasteiger partial charge in [0.05, 0.1) is 4.21 Å². The van der Waals surface area contributed by atoms with Crippen LogP contribution >= 0.6 is 23.1 Å². The zero-order chi connectivity index (χ0) is 11.5. The zero-order valence-corrected chi connectivity index (χ0v) is 11.4. The van der Waals surface area contributed by atoms with Crippen LogP contribution < -0.4 is 5.32 Å². The molecule has 0 saturated heterocycles. The monoisotopic (exact) mass is 257 g/mol. The Bertz CT molecular complexity index is 340. The fourth-order valence-corrected chi connectivity index (χ4v) is 4.52. The van der Waals surface area contributed by atoms with Crippen LogP contribution in [0.4, 0.5) is 0 Å². The minimum Gasteiger partial charge on any atom is -0.396 e. The van der Waals surface area contributed by atoms with Crippen LogP contribution in [0.25, 0.3) is 0 Å². The minimum absolute atomic E-state index is 0.264. The number of fused-ring (bicyclic) bond motifs is 1. The maximum Gasteiger partial charge on any atom is 0.0649 e. The normalized spacial score (nSPS) is 26.4. The largest absolute Gasteiger partial charge is 0.396 e. The van der Waals surface area contributed by atoms with E-state index in [1.807, 2.05) is 23.1 Å². The average Bonchev–Trinajstić information content (AvgIpc) is 2.73. The van der Waals surface area contributed by atoms with E-state index >= 15 is 0 Å². The summed E-state index contributed by atoms with van der Waals surface area (Å²) >= 11 is 3.84. The number of nitrogens with one attached hydrogen (secondary N) is 1. The Morgan fingerprint density at radius 2 is 2.44 bits per heavy atom. The zero-order valence-electron chi connectivity index (χ0n) is 9.77. The van der Waals surface area contributed by atoms with Crippen molar-refractivity contribution in [2.75, 3.05) is 13.2 Å². The van der Waals surface area contributed by atoms with Crippen molar-refractivity contribution >= 4 is 23.1 Å². The van der Waals surface area contributed by atoms with E-state index in [2.05, 4.69) is 30.6 Å². The van der Waals surface area contributed by atoms with E-state index in [1.165, 1.54) is 16.2 Å². The molecule has 0 radical (unpaired) electrons. The first-order chi connectivity index (χ1) is 7.70. The van der Waals surface area contributed by atoms with Gasteiger partial charge in [0.25, 0.3) is 0 Å². The molecule has 1 aliphatic rings. The van der Waals surface area contributed by atoms with Gasteiger partial charge in [0.1, 0.15) is 0 Å². The van der Waals surface area contributed by atoms with Crippen LogP contribution in [0.15, 0.2) is 15.7 Å². The molecule has 1 aromatic heterocycles. The summed E-state index contributed by atoms with van der Waals surface area (Å²) in [6.07, 6.45) is 1.19. The summed E-state index contributed by atoms with van der Waals surface area (Å²) < 4.78 is 1.47. The van der Waals surface area contributed by atoms with Gasteiger partial charge in [-0.15, -0.1) is 23.1 Å². The lowest BCUT2D eigenvalue weighted by molar-refractivity contribution is 0.229. The first-order valence-corrected chi connectivity index (χ1v) is 7.55. The van der Waals surface area contributed by atoms with Gasteiger partial charge >= 0.3 is 0 Å². The van der Waals surface area contributed by atoms with Crippen LogP contribution in [0.3, 0.4) is 0 Å². The van der Waals surface area contributed by atoms with Crippen LogP contribution in [0.1, 0.15) is 31.9 Å². The fraction of sp³-hybridized carbons (Fsp3) is 0.667. The SMILES string of the molecule is CC(CO)CNC1C[C@H](C)Sc2sccc21. The van der Waals surface area contributed by atoms with E-state index in [4.69, 9.17) is 5.11 Å². The maximum atomic E-state index is 9.03. The van der Waals surface area contributed by atoms with Gasteiger partial charge in [-0.25, -0.2) is 0 Å². The van der Waals surface area contributed by atoms with Gasteiger partial charge in [-0.1, -0.05) is 13.8 Å². The van der Waals surface area contributed by atoms with Gasteiger partial charge in [0.15, 0.2) is 0 Å². The molecule has 16 heavy (non-hydrogen) atoms. The molecule has 0 aromatic carbocycles. The Kier molecular flexibility index (Phi) is 4.30. The highest BCUT2D eigenvalue weighted by atomic mass is 32.2. The van der Waals surface area contributed by atoms with Crippen molar-refractivity contribution in [3.63, 3.8) is 0 Å². The van der Waals surface area contributed by atoms with Crippen LogP contribution in [0, 0.1) is 5.92 Å². The summed E-state index contributed by atoms with van der Waals surface area (Å²) in [4.78, 5) is 0. The molecule has 0 aliphatic carbocycles. The van der Waals surface area contributed by atoms with Gasteiger partial charge in [0.2, 0.25) is 0 Å². The minimum atomic E-state index is 0.264. The molecule has 2 nitrogen and oxygen atoms in total. The maximum absolute atomic E-state index is 9.03. The molecule has 3 atom stereocenters. The summed E-state index contributed by atoms with van der Waals surface area (Å²) in [6, 6.07) is 2.71. The molecule has 0 saturated carbocycles.